The molecule has 6 aromatic carbocycles. The van der Waals surface area contributed by atoms with Gasteiger partial charge in [0.25, 0.3) is 0 Å². The van der Waals surface area contributed by atoms with Crippen LogP contribution >= 0.6 is 46.5 Å². The van der Waals surface area contributed by atoms with E-state index in [2.05, 4.69) is 68.3 Å². The van der Waals surface area contributed by atoms with Gasteiger partial charge in [-0.15, -0.1) is 0 Å². The molecule has 3 nitrogen and oxygen atoms in total. The van der Waals surface area contributed by atoms with Crippen LogP contribution in [-0.4, -0.2) is 5.78 Å². The molecule has 0 amide bonds. The smallest absolute Gasteiger partial charge is 0.194 e. The first kappa shape index (κ1) is 29.8. The molecule has 8 rings (SSSR count). The van der Waals surface area contributed by atoms with Crippen molar-refractivity contribution in [3.05, 3.63) is 176 Å². The molecular formula is C38H24Br2O3P2. The summed E-state index contributed by atoms with van der Waals surface area (Å²) in [4.78, 5) is 25.5. The summed E-state index contributed by atoms with van der Waals surface area (Å²) in [5.41, 5.74) is 1.22. The van der Waals surface area contributed by atoms with Crippen LogP contribution in [0.3, 0.4) is 0 Å². The number of hydrogen-bond acceptors (Lipinski definition) is 3. The molecule has 0 saturated carbocycles. The Hall–Kier alpha value is -3.85. The van der Waals surface area contributed by atoms with Gasteiger partial charge in [-0.05, 0) is 66.0 Å². The maximum Gasteiger partial charge on any atom is 0.194 e. The van der Waals surface area contributed by atoms with Crippen molar-refractivity contribution >= 4 is 89.2 Å². The summed E-state index contributed by atoms with van der Waals surface area (Å²) in [5.74, 6) is -0.0558. The topological polar surface area (TPSA) is 51.2 Å². The molecule has 1 aliphatic heterocycles. The van der Waals surface area contributed by atoms with Crippen molar-refractivity contribution in [2.75, 3.05) is 0 Å². The van der Waals surface area contributed by atoms with Crippen molar-refractivity contribution in [3.63, 3.8) is 0 Å². The highest BCUT2D eigenvalue weighted by Gasteiger charge is 2.40. The van der Waals surface area contributed by atoms with Crippen LogP contribution in [-0.2, 0) is 4.57 Å². The third-order valence-corrected chi connectivity index (χ3v) is 14.8. The fourth-order valence-corrected chi connectivity index (χ4v) is 12.1. The Labute approximate surface area is 278 Å². The molecule has 45 heavy (non-hydrogen) atoms. The van der Waals surface area contributed by atoms with E-state index in [9.17, 15) is 14.2 Å². The van der Waals surface area contributed by atoms with Crippen LogP contribution in [0.15, 0.2) is 159 Å². The lowest BCUT2D eigenvalue weighted by atomic mass is 10.0. The zero-order valence-corrected chi connectivity index (χ0v) is 28.7. The van der Waals surface area contributed by atoms with Crippen LogP contribution in [0.2, 0.25) is 0 Å². The quantitative estimate of drug-likeness (QED) is 0.131. The van der Waals surface area contributed by atoms with Crippen LogP contribution in [0.4, 0.5) is 0 Å². The summed E-state index contributed by atoms with van der Waals surface area (Å²) in [6, 6.07) is 46.4. The third-order valence-electron chi connectivity index (χ3n) is 8.03. The Morgan fingerprint density at radius 2 is 0.911 bits per heavy atom. The number of rotatable bonds is 2. The first-order chi connectivity index (χ1) is 21.9. The number of ketones is 1. The lowest BCUT2D eigenvalue weighted by Crippen LogP contribution is -2.36. The standard InChI is InChI=1S/C19H12BrO2P.C19H12BrOP/c20-13-9-11-14(12-10-13)23(22)17-7-3-1-5-15(17)19(21)16-6-2-4-8-18(16)23;20-13-9-11-14(12-10-13)22-17-7-3-1-5-15(17)19(21)16-6-2-4-8-18(16)22/h1-12H;1-12H. The molecule has 0 radical (unpaired) electrons. The number of carbonyl (C=O) groups excluding carboxylic acids is 1. The van der Waals surface area contributed by atoms with Gasteiger partial charge in [0.1, 0.15) is 0 Å². The molecular weight excluding hydrogens is 726 g/mol. The van der Waals surface area contributed by atoms with Gasteiger partial charge in [-0.25, -0.2) is 0 Å². The highest BCUT2D eigenvalue weighted by Crippen LogP contribution is 2.51. The minimum atomic E-state index is -3.04. The third kappa shape index (κ3) is 5.19. The first-order valence-corrected chi connectivity index (χ1v) is 18.9. The largest absolute Gasteiger partial charge is 0.309 e. The van der Waals surface area contributed by atoms with Crippen molar-refractivity contribution in [2.24, 2.45) is 0 Å². The van der Waals surface area contributed by atoms with Crippen LogP contribution in [0.5, 0.6) is 0 Å². The predicted octanol–water partition coefficient (Wildman–Crippen LogP) is 9.72. The summed E-state index contributed by atoms with van der Waals surface area (Å²) < 4.78 is 16.2. The molecule has 2 heterocycles. The van der Waals surface area contributed by atoms with Crippen molar-refractivity contribution in [3.8, 4) is 5.30 Å². The lowest BCUT2D eigenvalue weighted by Gasteiger charge is -2.28. The van der Waals surface area contributed by atoms with Gasteiger partial charge in [-0.1, -0.05) is 124 Å². The Morgan fingerprint density at radius 1 is 0.489 bits per heavy atom. The van der Waals surface area contributed by atoms with Crippen molar-refractivity contribution in [1.82, 2.24) is 0 Å². The zero-order valence-electron chi connectivity index (χ0n) is 23.7. The highest BCUT2D eigenvalue weighted by molar-refractivity contribution is 9.10. The van der Waals surface area contributed by atoms with Gasteiger partial charge in [-0.3, -0.25) is 9.59 Å². The average molecular weight is 750 g/mol. The molecule has 1 aromatic heterocycles. The van der Waals surface area contributed by atoms with Crippen LogP contribution in [0.1, 0.15) is 15.9 Å². The molecule has 0 aliphatic carbocycles. The van der Waals surface area contributed by atoms with Gasteiger partial charge in [-0.2, -0.15) is 0 Å². The van der Waals surface area contributed by atoms with Gasteiger partial charge in [0.15, 0.2) is 18.4 Å². The molecule has 218 valence electrons. The van der Waals surface area contributed by atoms with E-state index < -0.39 is 14.7 Å². The Kier molecular flexibility index (Phi) is 8.06. The van der Waals surface area contributed by atoms with Crippen LogP contribution < -0.4 is 21.3 Å². The zero-order chi connectivity index (χ0) is 31.1. The number of hydrogen-bond donors (Lipinski definition) is 0. The molecule has 7 aromatic rings. The van der Waals surface area contributed by atoms with Gasteiger partial charge >= 0.3 is 0 Å². The minimum absolute atomic E-state index is 0.0558. The number of carbonyl (C=O) groups is 1. The number of benzene rings is 6. The summed E-state index contributed by atoms with van der Waals surface area (Å²) in [7, 11) is -3.72. The Balaban J connectivity index is 0.000000145. The maximum atomic E-state index is 14.2. The lowest BCUT2D eigenvalue weighted by molar-refractivity contribution is 0.104. The Bertz CT molecular complexity index is 2250. The van der Waals surface area contributed by atoms with Gasteiger partial charge < -0.3 is 4.57 Å². The maximum absolute atomic E-state index is 14.2. The summed E-state index contributed by atoms with van der Waals surface area (Å²) >= 11 is 6.91. The van der Waals surface area contributed by atoms with Crippen LogP contribution in [0.25, 0.3) is 26.3 Å². The van der Waals surface area contributed by atoms with E-state index in [1.807, 2.05) is 97.1 Å². The second-order valence-electron chi connectivity index (χ2n) is 10.6. The average Bonchev–Trinajstić information content (AvgIpc) is 3.09. The Morgan fingerprint density at radius 3 is 1.42 bits per heavy atom. The fourth-order valence-electron chi connectivity index (χ4n) is 5.95. The fraction of sp³-hybridized carbons (Fsp3) is 0. The van der Waals surface area contributed by atoms with E-state index >= 15 is 0 Å². The SMILES string of the molecule is O=C1c2ccccc2P(=O)(c2ccc(Br)cc2)c2ccccc21.O=c1c2ccccc2p(-c2ccc(Br)cc2)c2ccccc12. The molecule has 0 N–H and O–H groups in total. The first-order valence-electron chi connectivity index (χ1n) is 14.3. The number of halogens is 2. The van der Waals surface area contributed by atoms with E-state index in [1.54, 1.807) is 12.1 Å². The van der Waals surface area contributed by atoms with Crippen molar-refractivity contribution in [1.29, 1.82) is 0 Å². The molecule has 0 fully saturated rings. The summed E-state index contributed by atoms with van der Waals surface area (Å²) in [6.07, 6.45) is 0. The molecule has 0 atom stereocenters. The summed E-state index contributed by atoms with van der Waals surface area (Å²) in [6.45, 7) is 0. The number of fused-ring (bicyclic) bond motifs is 4. The molecule has 0 bridgehead atoms. The van der Waals surface area contributed by atoms with E-state index in [0.717, 1.165) is 35.3 Å². The molecule has 0 unspecified atom stereocenters. The summed E-state index contributed by atoms with van der Waals surface area (Å²) in [5, 5.41) is 7.27. The van der Waals surface area contributed by atoms with Crippen molar-refractivity contribution < 1.29 is 9.36 Å². The van der Waals surface area contributed by atoms with Gasteiger partial charge in [0, 0.05) is 57.0 Å². The second-order valence-corrected chi connectivity index (χ2v) is 17.3. The van der Waals surface area contributed by atoms with E-state index in [-0.39, 0.29) is 11.2 Å². The van der Waals surface area contributed by atoms with Crippen LogP contribution in [0, 0.1) is 0 Å². The molecule has 0 spiro atoms. The molecule has 7 heteroatoms. The molecule has 0 saturated heterocycles. The van der Waals surface area contributed by atoms with Gasteiger partial charge in [0.2, 0.25) is 0 Å². The second kappa shape index (κ2) is 12.2. The monoisotopic (exact) mass is 748 g/mol. The predicted molar refractivity (Wildman–Crippen MR) is 196 cm³/mol. The minimum Gasteiger partial charge on any atom is -0.309 e. The van der Waals surface area contributed by atoms with Gasteiger partial charge in [0.05, 0.1) is 0 Å². The normalized spacial score (nSPS) is 13.1. The highest BCUT2D eigenvalue weighted by atomic mass is 79.9. The van der Waals surface area contributed by atoms with E-state index in [1.165, 1.54) is 5.30 Å². The van der Waals surface area contributed by atoms with E-state index in [4.69, 9.17) is 0 Å². The van der Waals surface area contributed by atoms with E-state index in [0.29, 0.717) is 21.7 Å². The molecule has 1 aliphatic rings. The van der Waals surface area contributed by atoms with Crippen molar-refractivity contribution in [2.45, 2.75) is 0 Å².